The summed E-state index contributed by atoms with van der Waals surface area (Å²) in [7, 11) is 1.46. The van der Waals surface area contributed by atoms with E-state index in [9.17, 15) is 14.7 Å². The third-order valence-corrected chi connectivity index (χ3v) is 3.11. The van der Waals surface area contributed by atoms with Crippen molar-refractivity contribution in [1.82, 2.24) is 10.2 Å². The zero-order valence-electron chi connectivity index (χ0n) is 11.2. The lowest BCUT2D eigenvalue weighted by Gasteiger charge is -2.28. The van der Waals surface area contributed by atoms with Gasteiger partial charge in [0.25, 0.3) is 0 Å². The molecule has 3 N–H and O–H groups in total. The van der Waals surface area contributed by atoms with Crippen LogP contribution in [0.25, 0.3) is 0 Å². The lowest BCUT2D eigenvalue weighted by Crippen LogP contribution is -2.44. The van der Waals surface area contributed by atoms with Crippen molar-refractivity contribution in [2.75, 3.05) is 13.7 Å². The number of rotatable bonds is 4. The van der Waals surface area contributed by atoms with Gasteiger partial charge < -0.3 is 20.3 Å². The first kappa shape index (κ1) is 15.6. The van der Waals surface area contributed by atoms with E-state index < -0.39 is 24.5 Å². The fourth-order valence-electron chi connectivity index (χ4n) is 1.99. The van der Waals surface area contributed by atoms with Gasteiger partial charge in [-0.1, -0.05) is 6.92 Å². The first-order valence-corrected chi connectivity index (χ1v) is 6.04. The Labute approximate surface area is 111 Å². The minimum atomic E-state index is -0.868. The van der Waals surface area contributed by atoms with Crippen LogP contribution in [-0.4, -0.2) is 59.5 Å². The molecular formula is C12H20N2O5. The number of hydrogen-bond acceptors (Lipinski definition) is 5. The molecule has 0 spiro atoms. The lowest BCUT2D eigenvalue weighted by atomic mass is 10.0. The Morgan fingerprint density at radius 3 is 2.58 bits per heavy atom. The molecule has 1 aliphatic rings. The van der Waals surface area contributed by atoms with Crippen LogP contribution < -0.4 is 5.32 Å². The molecule has 1 saturated heterocycles. The van der Waals surface area contributed by atoms with E-state index in [2.05, 4.69) is 5.32 Å². The Balaban J connectivity index is 2.99. The Morgan fingerprint density at radius 2 is 2.16 bits per heavy atom. The van der Waals surface area contributed by atoms with E-state index in [0.717, 1.165) is 0 Å². The van der Waals surface area contributed by atoms with Gasteiger partial charge in [0, 0.05) is 24.7 Å². The molecule has 0 radical (unpaired) electrons. The Hall–Kier alpha value is -1.44. The number of aldehydes is 1. The van der Waals surface area contributed by atoms with Crippen molar-refractivity contribution in [2.45, 2.75) is 32.3 Å². The summed E-state index contributed by atoms with van der Waals surface area (Å²) < 4.78 is 5.47. The van der Waals surface area contributed by atoms with Gasteiger partial charge in [-0.25, -0.2) is 4.79 Å². The molecule has 0 unspecified atom stereocenters. The maximum absolute atomic E-state index is 11.8. The van der Waals surface area contributed by atoms with E-state index in [1.54, 1.807) is 13.8 Å². The van der Waals surface area contributed by atoms with Crippen LogP contribution in [0.5, 0.6) is 0 Å². The van der Waals surface area contributed by atoms with Crippen LogP contribution in [0.4, 0.5) is 4.79 Å². The minimum absolute atomic E-state index is 0.333. The summed E-state index contributed by atoms with van der Waals surface area (Å²) in [6.45, 7) is 2.94. The van der Waals surface area contributed by atoms with Crippen molar-refractivity contribution in [3.63, 3.8) is 0 Å². The van der Waals surface area contributed by atoms with Crippen LogP contribution in [0.15, 0.2) is 11.8 Å². The highest BCUT2D eigenvalue weighted by molar-refractivity contribution is 5.78. The molecule has 0 aliphatic carbocycles. The molecule has 1 fully saturated rings. The molecule has 0 bridgehead atoms. The van der Waals surface area contributed by atoms with E-state index in [4.69, 9.17) is 9.84 Å². The Kier molecular flexibility index (Phi) is 5.46. The number of urea groups is 1. The number of ether oxygens (including phenoxy) is 1. The number of carbonyl (C=O) groups excluding carboxylic acids is 2. The average Bonchev–Trinajstić information content (AvgIpc) is 2.71. The van der Waals surface area contributed by atoms with E-state index in [-0.39, 0.29) is 12.5 Å². The van der Waals surface area contributed by atoms with Crippen molar-refractivity contribution >= 4 is 12.3 Å². The fraction of sp³-hybridized carbons (Fsp3) is 0.667. The lowest BCUT2D eigenvalue weighted by molar-refractivity contribution is -0.105. The summed E-state index contributed by atoms with van der Waals surface area (Å²) in [4.78, 5) is 23.7. The quantitative estimate of drug-likeness (QED) is 0.471. The number of nitrogens with one attached hydrogen (secondary N) is 1. The standard InChI is InChI=1S/C12H20N2O5/c1-7(5-15)4-14(12(18)13-3)11-8(2)10(17)9(6-16)19-11/h4-5,8-11,16-17H,6H2,1-3H3,(H,13,18)/b7-4-/t8-,9+,10-,11+/m0/s1. The van der Waals surface area contributed by atoms with Gasteiger partial charge in [0.2, 0.25) is 0 Å². The fourth-order valence-corrected chi connectivity index (χ4v) is 1.99. The van der Waals surface area contributed by atoms with Crippen LogP contribution >= 0.6 is 0 Å². The molecule has 0 aromatic carbocycles. The van der Waals surface area contributed by atoms with Crippen LogP contribution in [0, 0.1) is 5.92 Å². The summed E-state index contributed by atoms with van der Waals surface area (Å²) in [5.74, 6) is -0.384. The van der Waals surface area contributed by atoms with Crippen LogP contribution in [0.2, 0.25) is 0 Å². The molecule has 7 heteroatoms. The number of aliphatic hydroxyl groups is 2. The van der Waals surface area contributed by atoms with E-state index >= 15 is 0 Å². The third kappa shape index (κ3) is 3.31. The van der Waals surface area contributed by atoms with Gasteiger partial charge in [-0.3, -0.25) is 9.69 Å². The van der Waals surface area contributed by atoms with Crippen molar-refractivity contribution in [3.05, 3.63) is 11.8 Å². The van der Waals surface area contributed by atoms with Crippen LogP contribution in [-0.2, 0) is 9.53 Å². The van der Waals surface area contributed by atoms with Gasteiger partial charge in [-0.05, 0) is 6.92 Å². The molecule has 0 saturated carbocycles. The highest BCUT2D eigenvalue weighted by Crippen LogP contribution is 2.29. The zero-order chi connectivity index (χ0) is 14.6. The van der Waals surface area contributed by atoms with Crippen molar-refractivity contribution in [1.29, 1.82) is 0 Å². The molecule has 2 amide bonds. The van der Waals surface area contributed by atoms with Gasteiger partial charge in [0.15, 0.2) is 0 Å². The third-order valence-electron chi connectivity index (χ3n) is 3.11. The van der Waals surface area contributed by atoms with Gasteiger partial charge in [-0.2, -0.15) is 0 Å². The minimum Gasteiger partial charge on any atom is -0.394 e. The van der Waals surface area contributed by atoms with Gasteiger partial charge in [-0.15, -0.1) is 0 Å². The molecule has 4 atom stereocenters. The zero-order valence-corrected chi connectivity index (χ0v) is 11.2. The van der Waals surface area contributed by atoms with E-state index in [1.807, 2.05) is 0 Å². The molecule has 7 nitrogen and oxygen atoms in total. The summed E-state index contributed by atoms with van der Waals surface area (Å²) in [5, 5.41) is 21.4. The molecule has 19 heavy (non-hydrogen) atoms. The molecule has 1 heterocycles. The van der Waals surface area contributed by atoms with Crippen LogP contribution in [0.3, 0.4) is 0 Å². The first-order chi connectivity index (χ1) is 8.96. The number of amides is 2. The van der Waals surface area contributed by atoms with Gasteiger partial charge in [0.05, 0.1) is 12.7 Å². The first-order valence-electron chi connectivity index (χ1n) is 6.04. The molecule has 0 aromatic rings. The monoisotopic (exact) mass is 272 g/mol. The number of aliphatic hydroxyl groups excluding tert-OH is 2. The molecule has 0 aromatic heterocycles. The number of hydrogen-bond donors (Lipinski definition) is 3. The largest absolute Gasteiger partial charge is 0.394 e. The highest BCUT2D eigenvalue weighted by atomic mass is 16.5. The number of nitrogens with zero attached hydrogens (tertiary/aromatic N) is 1. The summed E-state index contributed by atoms with van der Waals surface area (Å²) >= 11 is 0. The molecule has 108 valence electrons. The second-order valence-corrected chi connectivity index (χ2v) is 4.55. The SMILES string of the molecule is CNC(=O)N(/C=C(/C)C=O)[C@@H]1O[C@H](CO)[C@@H](O)[C@@H]1C. The van der Waals surface area contributed by atoms with E-state index in [0.29, 0.717) is 11.9 Å². The number of carbonyl (C=O) groups is 2. The summed E-state index contributed by atoms with van der Waals surface area (Å²) in [6.07, 6.45) is -0.360. The smallest absolute Gasteiger partial charge is 0.323 e. The molecular weight excluding hydrogens is 252 g/mol. The van der Waals surface area contributed by atoms with E-state index in [1.165, 1.54) is 18.1 Å². The molecule has 1 rings (SSSR count). The number of allylic oxidation sites excluding steroid dienone is 1. The topological polar surface area (TPSA) is 99.1 Å². The molecule has 1 aliphatic heterocycles. The van der Waals surface area contributed by atoms with Gasteiger partial charge >= 0.3 is 6.03 Å². The van der Waals surface area contributed by atoms with Crippen molar-refractivity contribution in [2.24, 2.45) is 5.92 Å². The summed E-state index contributed by atoms with van der Waals surface area (Å²) in [5.41, 5.74) is 0.348. The maximum Gasteiger partial charge on any atom is 0.323 e. The predicted molar refractivity (Wildman–Crippen MR) is 67.0 cm³/mol. The Morgan fingerprint density at radius 1 is 1.53 bits per heavy atom. The van der Waals surface area contributed by atoms with Crippen molar-refractivity contribution < 1.29 is 24.5 Å². The second-order valence-electron chi connectivity index (χ2n) is 4.55. The average molecular weight is 272 g/mol. The van der Waals surface area contributed by atoms with Gasteiger partial charge in [0.1, 0.15) is 18.6 Å². The predicted octanol–water partition coefficient (Wildman–Crippen LogP) is -0.555. The second kappa shape index (κ2) is 6.65. The highest BCUT2D eigenvalue weighted by Gasteiger charge is 2.44. The van der Waals surface area contributed by atoms with Crippen LogP contribution in [0.1, 0.15) is 13.8 Å². The maximum atomic E-state index is 11.8. The Bertz CT molecular complexity index is 371. The van der Waals surface area contributed by atoms with Crippen molar-refractivity contribution in [3.8, 4) is 0 Å². The normalized spacial score (nSPS) is 31.1. The summed E-state index contributed by atoms with van der Waals surface area (Å²) in [6, 6.07) is -0.455.